The molecule has 0 amide bonds. The number of ether oxygens (including phenoxy) is 1. The number of rotatable bonds is 5. The first kappa shape index (κ1) is 15.1. The van der Waals surface area contributed by atoms with Crippen molar-refractivity contribution < 1.29 is 9.84 Å². The Balaban J connectivity index is 2.18. The second-order valence-corrected chi connectivity index (χ2v) is 5.95. The minimum Gasteiger partial charge on any atom is -0.487 e. The van der Waals surface area contributed by atoms with E-state index in [4.69, 9.17) is 4.74 Å². The number of aromatic nitrogens is 2. The van der Waals surface area contributed by atoms with Crippen molar-refractivity contribution in [3.05, 3.63) is 46.5 Å². The number of hydrogen-bond acceptors (Lipinski definition) is 3. The van der Waals surface area contributed by atoms with E-state index in [1.54, 1.807) is 19.4 Å². The fourth-order valence-electron chi connectivity index (χ4n) is 2.04. The summed E-state index contributed by atoms with van der Waals surface area (Å²) in [7, 11) is 0. The van der Waals surface area contributed by atoms with E-state index in [1.807, 2.05) is 18.2 Å². The SMILES string of the molecule is CC(C)n1cncc1COc1cc(Br)ccc1[C@H](C)O. The lowest BCUT2D eigenvalue weighted by Crippen LogP contribution is -2.08. The van der Waals surface area contributed by atoms with Gasteiger partial charge in [-0.05, 0) is 32.9 Å². The summed E-state index contributed by atoms with van der Waals surface area (Å²) in [5.74, 6) is 0.686. The second-order valence-electron chi connectivity index (χ2n) is 5.03. The normalized spacial score (nSPS) is 12.7. The smallest absolute Gasteiger partial charge is 0.130 e. The van der Waals surface area contributed by atoms with Crippen molar-refractivity contribution in [3.63, 3.8) is 0 Å². The molecule has 0 saturated carbocycles. The predicted molar refractivity (Wildman–Crippen MR) is 81.7 cm³/mol. The van der Waals surface area contributed by atoms with E-state index in [2.05, 4.69) is 39.3 Å². The Labute approximate surface area is 127 Å². The zero-order chi connectivity index (χ0) is 14.7. The van der Waals surface area contributed by atoms with Crippen LogP contribution in [-0.4, -0.2) is 14.7 Å². The van der Waals surface area contributed by atoms with Crippen LogP contribution in [-0.2, 0) is 6.61 Å². The standard InChI is InChI=1S/C15H19BrN2O2/c1-10(2)18-9-17-7-13(18)8-20-15-6-12(16)4-5-14(15)11(3)19/h4-7,9-11,19H,8H2,1-3H3/t11-/m0/s1. The first-order valence-electron chi connectivity index (χ1n) is 6.60. The van der Waals surface area contributed by atoms with Crippen LogP contribution in [0.4, 0.5) is 0 Å². The van der Waals surface area contributed by atoms with Gasteiger partial charge in [-0.15, -0.1) is 0 Å². The molecule has 1 N–H and O–H groups in total. The Bertz CT molecular complexity index is 579. The summed E-state index contributed by atoms with van der Waals surface area (Å²) in [5, 5.41) is 9.78. The van der Waals surface area contributed by atoms with E-state index in [0.717, 1.165) is 15.7 Å². The molecule has 1 aromatic carbocycles. The number of aliphatic hydroxyl groups excluding tert-OH is 1. The molecule has 5 heteroatoms. The molecule has 4 nitrogen and oxygen atoms in total. The molecule has 2 rings (SSSR count). The van der Waals surface area contributed by atoms with Gasteiger partial charge in [0.15, 0.2) is 0 Å². The van der Waals surface area contributed by atoms with Crippen LogP contribution >= 0.6 is 15.9 Å². The van der Waals surface area contributed by atoms with Gasteiger partial charge in [0.25, 0.3) is 0 Å². The molecule has 108 valence electrons. The van der Waals surface area contributed by atoms with Crippen LogP contribution in [0, 0.1) is 0 Å². The van der Waals surface area contributed by atoms with Crippen molar-refractivity contribution in [1.82, 2.24) is 9.55 Å². The molecule has 0 aliphatic carbocycles. The van der Waals surface area contributed by atoms with Gasteiger partial charge in [-0.3, -0.25) is 0 Å². The third kappa shape index (κ3) is 3.41. The van der Waals surface area contributed by atoms with E-state index >= 15 is 0 Å². The molecule has 1 aromatic heterocycles. The highest BCUT2D eigenvalue weighted by atomic mass is 79.9. The molecule has 2 aromatic rings. The van der Waals surface area contributed by atoms with Gasteiger partial charge in [0, 0.05) is 16.1 Å². The summed E-state index contributed by atoms with van der Waals surface area (Å²) in [5.41, 5.74) is 1.79. The van der Waals surface area contributed by atoms with Gasteiger partial charge in [0.05, 0.1) is 24.3 Å². The number of nitrogens with zero attached hydrogens (tertiary/aromatic N) is 2. The molecule has 20 heavy (non-hydrogen) atoms. The molecule has 0 bridgehead atoms. The Morgan fingerprint density at radius 2 is 2.10 bits per heavy atom. The summed E-state index contributed by atoms with van der Waals surface area (Å²) in [6.07, 6.45) is 3.05. The fraction of sp³-hybridized carbons (Fsp3) is 0.400. The lowest BCUT2D eigenvalue weighted by atomic mass is 10.1. The highest BCUT2D eigenvalue weighted by molar-refractivity contribution is 9.10. The van der Waals surface area contributed by atoms with Crippen molar-refractivity contribution in [3.8, 4) is 5.75 Å². The highest BCUT2D eigenvalue weighted by Gasteiger charge is 2.12. The van der Waals surface area contributed by atoms with Crippen LogP contribution in [0.2, 0.25) is 0 Å². The summed E-state index contributed by atoms with van der Waals surface area (Å²) >= 11 is 3.42. The maximum absolute atomic E-state index is 9.78. The second kappa shape index (κ2) is 6.41. The Kier molecular flexibility index (Phi) is 4.83. The number of aliphatic hydroxyl groups is 1. The molecule has 0 radical (unpaired) electrons. The molecule has 1 atom stereocenters. The van der Waals surface area contributed by atoms with Crippen LogP contribution in [0.5, 0.6) is 5.75 Å². The summed E-state index contributed by atoms with van der Waals surface area (Å²) in [4.78, 5) is 4.16. The van der Waals surface area contributed by atoms with Crippen molar-refractivity contribution in [2.24, 2.45) is 0 Å². The zero-order valence-electron chi connectivity index (χ0n) is 11.9. The number of imidazole rings is 1. The molecular formula is C15H19BrN2O2. The predicted octanol–water partition coefficient (Wildman–Crippen LogP) is 3.86. The fourth-order valence-corrected chi connectivity index (χ4v) is 2.38. The minimum atomic E-state index is -0.562. The van der Waals surface area contributed by atoms with Gasteiger partial charge in [-0.2, -0.15) is 0 Å². The number of benzene rings is 1. The van der Waals surface area contributed by atoms with Crippen LogP contribution < -0.4 is 4.74 Å². The van der Waals surface area contributed by atoms with Crippen LogP contribution in [0.3, 0.4) is 0 Å². The quantitative estimate of drug-likeness (QED) is 0.900. The van der Waals surface area contributed by atoms with Crippen LogP contribution in [0.15, 0.2) is 35.2 Å². The van der Waals surface area contributed by atoms with Crippen molar-refractivity contribution in [2.45, 2.75) is 39.5 Å². The summed E-state index contributed by atoms with van der Waals surface area (Å²) in [6.45, 7) is 6.36. The van der Waals surface area contributed by atoms with E-state index in [1.165, 1.54) is 0 Å². The van der Waals surface area contributed by atoms with Gasteiger partial charge >= 0.3 is 0 Å². The van der Waals surface area contributed by atoms with E-state index in [-0.39, 0.29) is 0 Å². The highest BCUT2D eigenvalue weighted by Crippen LogP contribution is 2.29. The first-order chi connectivity index (χ1) is 9.49. The van der Waals surface area contributed by atoms with Crippen LogP contribution in [0.1, 0.15) is 44.2 Å². The molecular weight excluding hydrogens is 320 g/mol. The summed E-state index contributed by atoms with van der Waals surface area (Å²) < 4.78 is 8.86. The third-order valence-corrected chi connectivity index (χ3v) is 3.60. The molecule has 0 saturated heterocycles. The van der Waals surface area contributed by atoms with Crippen molar-refractivity contribution in [1.29, 1.82) is 0 Å². The monoisotopic (exact) mass is 338 g/mol. The summed E-state index contributed by atoms with van der Waals surface area (Å²) in [6, 6.07) is 5.98. The molecule has 0 aliphatic rings. The topological polar surface area (TPSA) is 47.3 Å². The average molecular weight is 339 g/mol. The van der Waals surface area contributed by atoms with Crippen molar-refractivity contribution >= 4 is 15.9 Å². The largest absolute Gasteiger partial charge is 0.487 e. The van der Waals surface area contributed by atoms with Gasteiger partial charge in [0.2, 0.25) is 0 Å². The molecule has 1 heterocycles. The molecule has 0 unspecified atom stereocenters. The van der Waals surface area contributed by atoms with Gasteiger partial charge in [0.1, 0.15) is 12.4 Å². The molecule has 0 aliphatic heterocycles. The Morgan fingerprint density at radius 3 is 2.75 bits per heavy atom. The maximum atomic E-state index is 9.78. The van der Waals surface area contributed by atoms with Gasteiger partial charge in [-0.25, -0.2) is 4.98 Å². The van der Waals surface area contributed by atoms with Gasteiger partial charge < -0.3 is 14.4 Å². The van der Waals surface area contributed by atoms with E-state index < -0.39 is 6.10 Å². The lowest BCUT2D eigenvalue weighted by molar-refractivity contribution is 0.189. The molecule has 0 fully saturated rings. The van der Waals surface area contributed by atoms with Crippen LogP contribution in [0.25, 0.3) is 0 Å². The zero-order valence-corrected chi connectivity index (χ0v) is 13.5. The van der Waals surface area contributed by atoms with Gasteiger partial charge in [-0.1, -0.05) is 22.0 Å². The van der Waals surface area contributed by atoms with E-state index in [9.17, 15) is 5.11 Å². The van der Waals surface area contributed by atoms with Crippen molar-refractivity contribution in [2.75, 3.05) is 0 Å². The number of hydrogen-bond donors (Lipinski definition) is 1. The maximum Gasteiger partial charge on any atom is 0.130 e. The number of halogens is 1. The first-order valence-corrected chi connectivity index (χ1v) is 7.39. The Morgan fingerprint density at radius 1 is 1.35 bits per heavy atom. The lowest BCUT2D eigenvalue weighted by Gasteiger charge is -2.16. The Hall–Kier alpha value is -1.33. The molecule has 0 spiro atoms. The third-order valence-electron chi connectivity index (χ3n) is 3.10. The van der Waals surface area contributed by atoms with E-state index in [0.29, 0.717) is 18.4 Å². The minimum absolute atomic E-state index is 0.342. The average Bonchev–Trinajstić information content (AvgIpc) is 2.84.